The maximum atomic E-state index is 12.3. The first-order chi connectivity index (χ1) is 11.9. The Morgan fingerprint density at radius 1 is 1.24 bits per heavy atom. The second kappa shape index (κ2) is 8.66. The SMILES string of the molecule is COc1cc(/C=N\NC(N)=S)ccc1OC(=O)c1ccc(Cl)cc1Cl. The Balaban J connectivity index is 2.20. The number of carbonyl (C=O) groups is 1. The van der Waals surface area contributed by atoms with Gasteiger partial charge < -0.3 is 15.2 Å². The van der Waals surface area contributed by atoms with E-state index in [-0.39, 0.29) is 21.4 Å². The smallest absolute Gasteiger partial charge is 0.345 e. The molecule has 0 heterocycles. The number of hydrogen-bond donors (Lipinski definition) is 2. The van der Waals surface area contributed by atoms with Crippen LogP contribution in [-0.4, -0.2) is 24.4 Å². The van der Waals surface area contributed by atoms with Crippen molar-refractivity contribution >= 4 is 52.7 Å². The highest BCUT2D eigenvalue weighted by molar-refractivity contribution is 7.80. The Hall–Kier alpha value is -2.35. The first-order valence-corrected chi connectivity index (χ1v) is 8.01. The van der Waals surface area contributed by atoms with Crippen LogP contribution in [0.25, 0.3) is 0 Å². The van der Waals surface area contributed by atoms with Crippen LogP contribution in [0.3, 0.4) is 0 Å². The number of halogens is 2. The van der Waals surface area contributed by atoms with E-state index >= 15 is 0 Å². The minimum absolute atomic E-state index is 0.0496. The third-order valence-electron chi connectivity index (χ3n) is 2.93. The molecule has 0 spiro atoms. The molecule has 0 fully saturated rings. The van der Waals surface area contributed by atoms with Gasteiger partial charge in [-0.1, -0.05) is 23.2 Å². The zero-order valence-electron chi connectivity index (χ0n) is 13.0. The summed E-state index contributed by atoms with van der Waals surface area (Å²) in [5.74, 6) is -0.0489. The van der Waals surface area contributed by atoms with Crippen LogP contribution >= 0.6 is 35.4 Å². The Morgan fingerprint density at radius 3 is 2.64 bits per heavy atom. The molecule has 0 bridgehead atoms. The zero-order chi connectivity index (χ0) is 18.4. The molecule has 130 valence electrons. The number of nitrogens with two attached hydrogens (primary N) is 1. The molecule has 0 radical (unpaired) electrons. The summed E-state index contributed by atoms with van der Waals surface area (Å²) in [5, 5.41) is 4.51. The third-order valence-corrected chi connectivity index (χ3v) is 3.57. The maximum absolute atomic E-state index is 12.3. The minimum Gasteiger partial charge on any atom is -0.493 e. The fraction of sp³-hybridized carbons (Fsp3) is 0.0625. The van der Waals surface area contributed by atoms with E-state index in [2.05, 4.69) is 22.7 Å². The molecule has 9 heteroatoms. The van der Waals surface area contributed by atoms with Crippen LogP contribution in [0, 0.1) is 0 Å². The summed E-state index contributed by atoms with van der Waals surface area (Å²) in [6.07, 6.45) is 1.49. The monoisotopic (exact) mass is 397 g/mol. The van der Waals surface area contributed by atoms with Crippen molar-refractivity contribution in [2.75, 3.05) is 7.11 Å². The number of ether oxygens (including phenoxy) is 2. The standard InChI is InChI=1S/C16H13Cl2N3O3S/c1-23-14-6-9(8-20-21-16(19)25)2-5-13(14)24-15(22)11-4-3-10(17)7-12(11)18/h2-8H,1H3,(H3,19,21,25)/b20-8-. The van der Waals surface area contributed by atoms with E-state index in [1.165, 1.54) is 25.5 Å². The lowest BCUT2D eigenvalue weighted by Gasteiger charge is -2.10. The molecule has 3 N–H and O–H groups in total. The molecule has 0 amide bonds. The molecule has 0 aliphatic carbocycles. The molecule has 6 nitrogen and oxygen atoms in total. The Bertz CT molecular complexity index is 843. The van der Waals surface area contributed by atoms with Crippen molar-refractivity contribution in [2.45, 2.75) is 0 Å². The predicted octanol–water partition coefficient (Wildman–Crippen LogP) is 3.39. The van der Waals surface area contributed by atoms with Crippen molar-refractivity contribution in [2.24, 2.45) is 10.8 Å². The van der Waals surface area contributed by atoms with Gasteiger partial charge in [0.1, 0.15) is 0 Å². The number of carbonyl (C=O) groups excluding carboxylic acids is 1. The highest BCUT2D eigenvalue weighted by Gasteiger charge is 2.16. The van der Waals surface area contributed by atoms with E-state index in [0.717, 1.165) is 0 Å². The number of methoxy groups -OCH3 is 1. The summed E-state index contributed by atoms with van der Waals surface area (Å²) in [5.41, 5.74) is 8.59. The lowest BCUT2D eigenvalue weighted by molar-refractivity contribution is 0.0730. The van der Waals surface area contributed by atoms with Gasteiger partial charge in [0, 0.05) is 5.02 Å². The van der Waals surface area contributed by atoms with Gasteiger partial charge in [0.15, 0.2) is 16.6 Å². The normalized spacial score (nSPS) is 10.5. The summed E-state index contributed by atoms with van der Waals surface area (Å²) in [6, 6.07) is 9.39. The number of thiocarbonyl (C=S) groups is 1. The van der Waals surface area contributed by atoms with Crippen LogP contribution < -0.4 is 20.6 Å². The Morgan fingerprint density at radius 2 is 2.00 bits per heavy atom. The number of rotatable bonds is 5. The van der Waals surface area contributed by atoms with Gasteiger partial charge in [0.2, 0.25) is 0 Å². The van der Waals surface area contributed by atoms with Gasteiger partial charge in [-0.15, -0.1) is 0 Å². The first kappa shape index (κ1) is 19.0. The van der Waals surface area contributed by atoms with Crippen molar-refractivity contribution in [3.05, 3.63) is 57.6 Å². The lowest BCUT2D eigenvalue weighted by atomic mass is 10.2. The molecule has 0 saturated carbocycles. The molecule has 0 atom stereocenters. The molecule has 0 aromatic heterocycles. The Labute approximate surface area is 159 Å². The van der Waals surface area contributed by atoms with Crippen LogP contribution in [0.1, 0.15) is 15.9 Å². The average molecular weight is 398 g/mol. The first-order valence-electron chi connectivity index (χ1n) is 6.84. The van der Waals surface area contributed by atoms with E-state index < -0.39 is 5.97 Å². The molecule has 25 heavy (non-hydrogen) atoms. The van der Waals surface area contributed by atoms with E-state index in [1.807, 2.05) is 0 Å². The molecule has 2 aromatic rings. The molecule has 2 aromatic carbocycles. The number of nitrogens with one attached hydrogen (secondary N) is 1. The number of hydrazone groups is 1. The van der Waals surface area contributed by atoms with Gasteiger partial charge in [0.25, 0.3) is 0 Å². The molecule has 0 aliphatic rings. The quantitative estimate of drug-likeness (QED) is 0.264. The summed E-state index contributed by atoms with van der Waals surface area (Å²) in [7, 11) is 1.45. The lowest BCUT2D eigenvalue weighted by Crippen LogP contribution is -2.23. The number of nitrogens with zero attached hydrogens (tertiary/aromatic N) is 1. The molecule has 0 unspecified atom stereocenters. The van der Waals surface area contributed by atoms with Gasteiger partial charge in [-0.05, 0) is 54.2 Å². The van der Waals surface area contributed by atoms with Crippen molar-refractivity contribution in [3.63, 3.8) is 0 Å². The largest absolute Gasteiger partial charge is 0.493 e. The van der Waals surface area contributed by atoms with Gasteiger partial charge >= 0.3 is 5.97 Å². The highest BCUT2D eigenvalue weighted by Crippen LogP contribution is 2.29. The van der Waals surface area contributed by atoms with Crippen molar-refractivity contribution < 1.29 is 14.3 Å². The molecule has 0 saturated heterocycles. The summed E-state index contributed by atoms with van der Waals surface area (Å²) >= 11 is 16.5. The van der Waals surface area contributed by atoms with E-state index in [1.54, 1.807) is 24.3 Å². The van der Waals surface area contributed by atoms with Crippen molar-refractivity contribution in [1.82, 2.24) is 5.43 Å². The molecular weight excluding hydrogens is 385 g/mol. The number of hydrogen-bond acceptors (Lipinski definition) is 5. The van der Waals surface area contributed by atoms with Gasteiger partial charge in [0.05, 0.1) is 23.9 Å². The number of benzene rings is 2. The fourth-order valence-corrected chi connectivity index (χ4v) is 2.37. The van der Waals surface area contributed by atoms with Gasteiger partial charge in [-0.25, -0.2) is 4.79 Å². The minimum atomic E-state index is -0.628. The fourth-order valence-electron chi connectivity index (χ4n) is 1.83. The maximum Gasteiger partial charge on any atom is 0.345 e. The van der Waals surface area contributed by atoms with Crippen LogP contribution in [0.15, 0.2) is 41.5 Å². The average Bonchev–Trinajstić information content (AvgIpc) is 2.55. The molecule has 2 rings (SSSR count). The second-order valence-electron chi connectivity index (χ2n) is 4.66. The Kier molecular flexibility index (Phi) is 6.58. The summed E-state index contributed by atoms with van der Waals surface area (Å²) in [4.78, 5) is 12.3. The highest BCUT2D eigenvalue weighted by atomic mass is 35.5. The zero-order valence-corrected chi connectivity index (χ0v) is 15.3. The van der Waals surface area contributed by atoms with Crippen LogP contribution in [0.5, 0.6) is 11.5 Å². The van der Waals surface area contributed by atoms with Crippen LogP contribution in [0.2, 0.25) is 10.0 Å². The van der Waals surface area contributed by atoms with Gasteiger partial charge in [-0.3, -0.25) is 5.43 Å². The van der Waals surface area contributed by atoms with Crippen molar-refractivity contribution in [3.8, 4) is 11.5 Å². The third kappa shape index (κ3) is 5.32. The molecule has 0 aliphatic heterocycles. The predicted molar refractivity (Wildman–Crippen MR) is 102 cm³/mol. The topological polar surface area (TPSA) is 85.9 Å². The van der Waals surface area contributed by atoms with E-state index in [0.29, 0.717) is 16.3 Å². The van der Waals surface area contributed by atoms with Crippen LogP contribution in [-0.2, 0) is 0 Å². The van der Waals surface area contributed by atoms with E-state index in [9.17, 15) is 4.79 Å². The molecular formula is C16H13Cl2N3O3S. The summed E-state index contributed by atoms with van der Waals surface area (Å²) < 4.78 is 10.6. The van der Waals surface area contributed by atoms with Crippen LogP contribution in [0.4, 0.5) is 0 Å². The van der Waals surface area contributed by atoms with E-state index in [4.69, 9.17) is 38.4 Å². The van der Waals surface area contributed by atoms with Gasteiger partial charge in [-0.2, -0.15) is 5.10 Å². The number of esters is 1. The second-order valence-corrected chi connectivity index (χ2v) is 5.94. The van der Waals surface area contributed by atoms with Crippen molar-refractivity contribution in [1.29, 1.82) is 0 Å². The summed E-state index contributed by atoms with van der Waals surface area (Å²) in [6.45, 7) is 0.